The van der Waals surface area contributed by atoms with Gasteiger partial charge in [-0.05, 0) is 72.3 Å². The van der Waals surface area contributed by atoms with E-state index >= 15 is 0 Å². The molecule has 0 unspecified atom stereocenters. The van der Waals surface area contributed by atoms with Gasteiger partial charge in [-0.15, -0.1) is 0 Å². The summed E-state index contributed by atoms with van der Waals surface area (Å²) in [4.78, 5) is 38.1. The zero-order chi connectivity index (χ0) is 25.4. The monoisotopic (exact) mass is 551 g/mol. The molecular formula is C27H26BrN3O5. The number of imide groups is 1. The Balaban J connectivity index is 1.28. The second-order valence-corrected chi connectivity index (χ2v) is 10.0. The second kappa shape index (κ2) is 9.89. The molecule has 0 radical (unpaired) electrons. The molecule has 5 rings (SSSR count). The number of carbonyl (C=O) groups excluding carboxylic acids is 3. The molecule has 0 spiro atoms. The number of nitrogens with zero attached hydrogens (tertiary/aromatic N) is 2. The van der Waals surface area contributed by atoms with E-state index < -0.39 is 0 Å². The number of hydrogen-bond acceptors (Lipinski definition) is 6. The lowest BCUT2D eigenvalue weighted by molar-refractivity contribution is -0.140. The number of aryl methyl sites for hydroxylation is 1. The highest BCUT2D eigenvalue weighted by molar-refractivity contribution is 9.10. The van der Waals surface area contributed by atoms with E-state index in [0.29, 0.717) is 33.8 Å². The standard InChI is InChI=1S/C27H26BrN3O5/c1-3-35-21-11-18(13-29-31-26(33)24-16-6-7-17(10-16)25(24)27(31)34)20(28)12-22(21)36-14-23(32)30-19-8-4-15(2)5-9-19/h4-9,11-13,16-17,24-25H,3,10,14H2,1-2H3,(H,30,32)/t16-,17-,24-,25+/m0/s1. The van der Waals surface area contributed by atoms with E-state index in [1.54, 1.807) is 12.1 Å². The lowest BCUT2D eigenvalue weighted by atomic mass is 9.85. The summed E-state index contributed by atoms with van der Waals surface area (Å²) in [6.45, 7) is 3.99. The molecule has 1 heterocycles. The maximum absolute atomic E-state index is 12.9. The van der Waals surface area contributed by atoms with Crippen molar-refractivity contribution in [1.29, 1.82) is 0 Å². The summed E-state index contributed by atoms with van der Waals surface area (Å²) in [5.74, 6) is -0.308. The topological polar surface area (TPSA) is 97.3 Å². The highest BCUT2D eigenvalue weighted by Gasteiger charge is 2.59. The van der Waals surface area contributed by atoms with Gasteiger partial charge >= 0.3 is 0 Å². The number of allylic oxidation sites excluding steroid dienone is 2. The van der Waals surface area contributed by atoms with Gasteiger partial charge in [0.15, 0.2) is 18.1 Å². The molecule has 1 aliphatic heterocycles. The SMILES string of the molecule is CCOc1cc(C=NN2C(=O)[C@@H]3[C@H](C2=O)[C@H]2C=C[C@H]3C2)c(Br)cc1OCC(=O)Nc1ccc(C)cc1. The van der Waals surface area contributed by atoms with E-state index in [9.17, 15) is 14.4 Å². The Labute approximate surface area is 217 Å². The van der Waals surface area contributed by atoms with Crippen LogP contribution in [0.3, 0.4) is 0 Å². The number of halogens is 1. The van der Waals surface area contributed by atoms with Crippen LogP contribution < -0.4 is 14.8 Å². The molecule has 3 aliphatic rings. The third-order valence-electron chi connectivity index (χ3n) is 6.82. The fourth-order valence-corrected chi connectivity index (χ4v) is 5.55. The molecule has 2 aromatic carbocycles. The first-order valence-corrected chi connectivity index (χ1v) is 12.7. The fraction of sp³-hybridized carbons (Fsp3) is 0.333. The van der Waals surface area contributed by atoms with Gasteiger partial charge in [0.05, 0.1) is 24.7 Å². The molecule has 3 amide bonds. The first-order valence-electron chi connectivity index (χ1n) is 11.9. The Morgan fingerprint density at radius 3 is 2.36 bits per heavy atom. The van der Waals surface area contributed by atoms with Crippen molar-refractivity contribution in [2.45, 2.75) is 20.3 Å². The van der Waals surface area contributed by atoms with Gasteiger partial charge in [0, 0.05) is 15.7 Å². The number of hydrogen-bond donors (Lipinski definition) is 1. The maximum atomic E-state index is 12.9. The normalized spacial score (nSPS) is 24.0. The van der Waals surface area contributed by atoms with Crippen LogP contribution >= 0.6 is 15.9 Å². The molecule has 36 heavy (non-hydrogen) atoms. The van der Waals surface area contributed by atoms with Crippen molar-refractivity contribution in [3.63, 3.8) is 0 Å². The Morgan fingerprint density at radius 2 is 1.72 bits per heavy atom. The van der Waals surface area contributed by atoms with E-state index in [-0.39, 0.29) is 48.0 Å². The minimum absolute atomic E-state index is 0.132. The van der Waals surface area contributed by atoms with E-state index in [1.807, 2.05) is 38.1 Å². The van der Waals surface area contributed by atoms with Gasteiger partial charge in [0.1, 0.15) is 0 Å². The molecule has 1 N–H and O–H groups in total. The van der Waals surface area contributed by atoms with Crippen molar-refractivity contribution in [2.75, 3.05) is 18.5 Å². The molecule has 2 aromatic rings. The molecule has 2 bridgehead atoms. The van der Waals surface area contributed by atoms with Crippen LogP contribution in [0.2, 0.25) is 0 Å². The summed E-state index contributed by atoms with van der Waals surface area (Å²) < 4.78 is 12.1. The summed E-state index contributed by atoms with van der Waals surface area (Å²) in [6.07, 6.45) is 6.44. The number of anilines is 1. The van der Waals surface area contributed by atoms with Crippen LogP contribution in [0.1, 0.15) is 24.5 Å². The number of nitrogens with one attached hydrogen (secondary N) is 1. The van der Waals surface area contributed by atoms with Gasteiger partial charge in [-0.1, -0.05) is 29.8 Å². The molecular weight excluding hydrogens is 526 g/mol. The number of carbonyl (C=O) groups is 3. The van der Waals surface area contributed by atoms with Gasteiger partial charge in [0.25, 0.3) is 17.7 Å². The van der Waals surface area contributed by atoms with Crippen molar-refractivity contribution in [2.24, 2.45) is 28.8 Å². The molecule has 1 saturated carbocycles. The van der Waals surface area contributed by atoms with E-state index in [2.05, 4.69) is 38.5 Å². The largest absolute Gasteiger partial charge is 0.490 e. The molecule has 1 saturated heterocycles. The predicted octanol–water partition coefficient (Wildman–Crippen LogP) is 4.31. The third-order valence-corrected chi connectivity index (χ3v) is 7.50. The van der Waals surface area contributed by atoms with Crippen LogP contribution in [0.15, 0.2) is 58.1 Å². The molecule has 186 valence electrons. The lowest BCUT2D eigenvalue weighted by Gasteiger charge is -2.14. The van der Waals surface area contributed by atoms with E-state index in [0.717, 1.165) is 17.0 Å². The highest BCUT2D eigenvalue weighted by Crippen LogP contribution is 2.52. The number of fused-ring (bicyclic) bond motifs is 5. The molecule has 4 atom stereocenters. The number of amides is 3. The first-order chi connectivity index (χ1) is 17.4. The molecule has 2 fully saturated rings. The van der Waals surface area contributed by atoms with Gasteiger partial charge in [-0.2, -0.15) is 10.1 Å². The van der Waals surface area contributed by atoms with Gasteiger partial charge in [-0.25, -0.2) is 0 Å². The molecule has 2 aliphatic carbocycles. The summed E-state index contributed by atoms with van der Waals surface area (Å²) in [7, 11) is 0. The number of rotatable bonds is 8. The first kappa shape index (κ1) is 24.2. The zero-order valence-corrected chi connectivity index (χ0v) is 21.5. The Kier molecular flexibility index (Phi) is 6.66. The maximum Gasteiger partial charge on any atom is 0.262 e. The average molecular weight is 552 g/mol. The van der Waals surface area contributed by atoms with Gasteiger partial charge < -0.3 is 14.8 Å². The number of hydrazone groups is 1. The average Bonchev–Trinajstić information content (AvgIpc) is 3.54. The van der Waals surface area contributed by atoms with Crippen molar-refractivity contribution < 1.29 is 23.9 Å². The molecule has 0 aromatic heterocycles. The van der Waals surface area contributed by atoms with Crippen molar-refractivity contribution in [1.82, 2.24) is 5.01 Å². The van der Waals surface area contributed by atoms with Gasteiger partial charge in [0.2, 0.25) is 0 Å². The lowest BCUT2D eigenvalue weighted by Crippen LogP contribution is -2.28. The molecule has 9 heteroatoms. The number of benzene rings is 2. The van der Waals surface area contributed by atoms with Crippen molar-refractivity contribution in [3.8, 4) is 11.5 Å². The predicted molar refractivity (Wildman–Crippen MR) is 138 cm³/mol. The van der Waals surface area contributed by atoms with E-state index in [1.165, 1.54) is 6.21 Å². The Bertz CT molecular complexity index is 1240. The fourth-order valence-electron chi connectivity index (χ4n) is 5.13. The minimum Gasteiger partial charge on any atom is -0.490 e. The zero-order valence-electron chi connectivity index (χ0n) is 19.9. The van der Waals surface area contributed by atoms with Crippen LogP contribution in [0.25, 0.3) is 0 Å². The minimum atomic E-state index is -0.303. The van der Waals surface area contributed by atoms with Gasteiger partial charge in [-0.3, -0.25) is 14.4 Å². The second-order valence-electron chi connectivity index (χ2n) is 9.19. The summed E-state index contributed by atoms with van der Waals surface area (Å²) >= 11 is 3.49. The van der Waals surface area contributed by atoms with Crippen LogP contribution in [0.5, 0.6) is 11.5 Å². The van der Waals surface area contributed by atoms with Crippen LogP contribution in [0, 0.1) is 30.6 Å². The number of ether oxygens (including phenoxy) is 2. The van der Waals surface area contributed by atoms with Crippen molar-refractivity contribution in [3.05, 3.63) is 64.1 Å². The van der Waals surface area contributed by atoms with Crippen LogP contribution in [-0.4, -0.2) is 42.2 Å². The Morgan fingerprint density at radius 1 is 1.08 bits per heavy atom. The van der Waals surface area contributed by atoms with Crippen molar-refractivity contribution >= 4 is 45.6 Å². The smallest absolute Gasteiger partial charge is 0.262 e. The third kappa shape index (κ3) is 4.55. The summed E-state index contributed by atoms with van der Waals surface area (Å²) in [5, 5.41) is 8.05. The summed E-state index contributed by atoms with van der Waals surface area (Å²) in [6, 6.07) is 10.9. The highest BCUT2D eigenvalue weighted by atomic mass is 79.9. The van der Waals surface area contributed by atoms with Crippen LogP contribution in [-0.2, 0) is 14.4 Å². The van der Waals surface area contributed by atoms with E-state index in [4.69, 9.17) is 9.47 Å². The Hall–Kier alpha value is -3.46. The quantitative estimate of drug-likeness (QED) is 0.299. The summed E-state index contributed by atoms with van der Waals surface area (Å²) in [5.41, 5.74) is 2.39. The molecule has 8 nitrogen and oxygen atoms in total. The van der Waals surface area contributed by atoms with Crippen LogP contribution in [0.4, 0.5) is 5.69 Å².